The van der Waals surface area contributed by atoms with Gasteiger partial charge in [0.1, 0.15) is 5.82 Å². The molecule has 1 saturated heterocycles. The first-order chi connectivity index (χ1) is 13.3. The minimum Gasteiger partial charge on any atom is -0.341 e. The van der Waals surface area contributed by atoms with Crippen LogP contribution in [0.4, 0.5) is 17.5 Å². The van der Waals surface area contributed by atoms with Crippen molar-refractivity contribution in [1.29, 1.82) is 0 Å². The van der Waals surface area contributed by atoms with Crippen molar-refractivity contribution < 1.29 is 0 Å². The lowest BCUT2D eigenvalue weighted by atomic mass is 9.90. The lowest BCUT2D eigenvalue weighted by Gasteiger charge is -2.32. The highest BCUT2D eigenvalue weighted by Crippen LogP contribution is 2.26. The van der Waals surface area contributed by atoms with Crippen LogP contribution < -0.4 is 10.2 Å². The number of piperidine rings is 1. The van der Waals surface area contributed by atoms with Crippen LogP contribution in [-0.4, -0.2) is 23.1 Å². The molecule has 0 unspecified atom stereocenters. The van der Waals surface area contributed by atoms with Crippen LogP contribution in [-0.2, 0) is 6.42 Å². The summed E-state index contributed by atoms with van der Waals surface area (Å²) in [6.45, 7) is 1.99. The van der Waals surface area contributed by atoms with E-state index in [4.69, 9.17) is 11.6 Å². The molecule has 3 aromatic rings. The Morgan fingerprint density at radius 2 is 1.70 bits per heavy atom. The van der Waals surface area contributed by atoms with Crippen LogP contribution in [0.3, 0.4) is 0 Å². The number of halogens is 1. The van der Waals surface area contributed by atoms with E-state index in [0.717, 1.165) is 42.9 Å². The first kappa shape index (κ1) is 17.8. The molecule has 4 rings (SSSR count). The third kappa shape index (κ3) is 4.58. The van der Waals surface area contributed by atoms with Crippen LogP contribution in [0.1, 0.15) is 18.4 Å². The third-order valence-corrected chi connectivity index (χ3v) is 5.37. The zero-order valence-electron chi connectivity index (χ0n) is 15.2. The molecule has 2 heterocycles. The highest BCUT2D eigenvalue weighted by atomic mass is 35.5. The van der Waals surface area contributed by atoms with Crippen LogP contribution in [0.2, 0.25) is 5.02 Å². The predicted octanol–water partition coefficient (Wildman–Crippen LogP) is 5.33. The van der Waals surface area contributed by atoms with Gasteiger partial charge in [0.2, 0.25) is 5.95 Å². The number of aromatic nitrogens is 2. The first-order valence-electron chi connectivity index (χ1n) is 9.41. The van der Waals surface area contributed by atoms with E-state index in [1.54, 1.807) is 6.20 Å². The molecule has 1 N–H and O–H groups in total. The standard InChI is InChI=1S/C22H23ClN4/c23-19-8-4-5-9-20(19)25-21-10-13-24-22(26-21)27-14-11-18(12-15-27)16-17-6-2-1-3-7-17/h1-10,13,18H,11-12,14-16H2,(H,24,25,26). The molecule has 1 aromatic heterocycles. The summed E-state index contributed by atoms with van der Waals surface area (Å²) in [6.07, 6.45) is 5.29. The summed E-state index contributed by atoms with van der Waals surface area (Å²) in [5, 5.41) is 3.96. The smallest absolute Gasteiger partial charge is 0.227 e. The van der Waals surface area contributed by atoms with Gasteiger partial charge in [0.25, 0.3) is 0 Å². The van der Waals surface area contributed by atoms with E-state index >= 15 is 0 Å². The lowest BCUT2D eigenvalue weighted by molar-refractivity contribution is 0.400. The van der Waals surface area contributed by atoms with E-state index in [-0.39, 0.29) is 0 Å². The molecule has 138 valence electrons. The second-order valence-corrected chi connectivity index (χ2v) is 7.37. The van der Waals surface area contributed by atoms with E-state index in [2.05, 4.69) is 50.5 Å². The van der Waals surface area contributed by atoms with Gasteiger partial charge in [-0.2, -0.15) is 4.98 Å². The average molecular weight is 379 g/mol. The Hall–Kier alpha value is -2.59. The first-order valence-corrected chi connectivity index (χ1v) is 9.79. The average Bonchev–Trinajstić information content (AvgIpc) is 2.71. The molecule has 27 heavy (non-hydrogen) atoms. The summed E-state index contributed by atoms with van der Waals surface area (Å²) >= 11 is 6.23. The van der Waals surface area contributed by atoms with Crippen molar-refractivity contribution in [1.82, 2.24) is 9.97 Å². The maximum atomic E-state index is 6.23. The molecule has 1 fully saturated rings. The fraction of sp³-hybridized carbons (Fsp3) is 0.273. The van der Waals surface area contributed by atoms with Crippen LogP contribution in [0.15, 0.2) is 66.9 Å². The maximum Gasteiger partial charge on any atom is 0.227 e. The van der Waals surface area contributed by atoms with Gasteiger partial charge < -0.3 is 10.2 Å². The molecular formula is C22H23ClN4. The number of para-hydroxylation sites is 1. The van der Waals surface area contributed by atoms with Crippen molar-refractivity contribution >= 4 is 29.1 Å². The molecule has 1 aliphatic rings. The van der Waals surface area contributed by atoms with E-state index < -0.39 is 0 Å². The summed E-state index contributed by atoms with van der Waals surface area (Å²) in [5.41, 5.74) is 2.28. The van der Waals surface area contributed by atoms with Crippen LogP contribution >= 0.6 is 11.6 Å². The maximum absolute atomic E-state index is 6.23. The van der Waals surface area contributed by atoms with E-state index in [9.17, 15) is 0 Å². The monoisotopic (exact) mass is 378 g/mol. The van der Waals surface area contributed by atoms with E-state index in [0.29, 0.717) is 5.02 Å². The molecule has 0 bridgehead atoms. The normalized spacial score (nSPS) is 14.9. The number of hydrogen-bond donors (Lipinski definition) is 1. The number of hydrogen-bond acceptors (Lipinski definition) is 4. The Bertz CT molecular complexity index is 876. The summed E-state index contributed by atoms with van der Waals surface area (Å²) in [5.74, 6) is 2.28. The zero-order chi connectivity index (χ0) is 18.5. The van der Waals surface area contributed by atoms with Crippen molar-refractivity contribution in [2.75, 3.05) is 23.3 Å². The van der Waals surface area contributed by atoms with Crippen molar-refractivity contribution in [2.45, 2.75) is 19.3 Å². The summed E-state index contributed by atoms with van der Waals surface area (Å²) in [7, 11) is 0. The molecule has 0 saturated carbocycles. The number of rotatable bonds is 5. The third-order valence-electron chi connectivity index (χ3n) is 5.04. The molecule has 1 aliphatic heterocycles. The number of benzene rings is 2. The fourth-order valence-corrected chi connectivity index (χ4v) is 3.74. The van der Waals surface area contributed by atoms with Gasteiger partial charge in [-0.05, 0) is 48.9 Å². The van der Waals surface area contributed by atoms with Crippen molar-refractivity contribution in [3.8, 4) is 0 Å². The van der Waals surface area contributed by atoms with Crippen molar-refractivity contribution in [3.05, 3.63) is 77.4 Å². The Kier molecular flexibility index (Phi) is 5.54. The van der Waals surface area contributed by atoms with Crippen LogP contribution in [0.25, 0.3) is 0 Å². The SMILES string of the molecule is Clc1ccccc1Nc1ccnc(N2CCC(Cc3ccccc3)CC2)n1. The highest BCUT2D eigenvalue weighted by molar-refractivity contribution is 6.33. The van der Waals surface area contributed by atoms with Gasteiger partial charge in [-0.3, -0.25) is 0 Å². The van der Waals surface area contributed by atoms with Gasteiger partial charge in [-0.15, -0.1) is 0 Å². The molecule has 2 aromatic carbocycles. The zero-order valence-corrected chi connectivity index (χ0v) is 15.9. The van der Waals surface area contributed by atoms with E-state index in [1.165, 1.54) is 18.4 Å². The molecule has 0 atom stereocenters. The number of nitrogens with zero attached hydrogens (tertiary/aromatic N) is 3. The largest absolute Gasteiger partial charge is 0.341 e. The topological polar surface area (TPSA) is 41.1 Å². The van der Waals surface area contributed by atoms with Gasteiger partial charge in [0.15, 0.2) is 0 Å². The van der Waals surface area contributed by atoms with Gasteiger partial charge in [0.05, 0.1) is 10.7 Å². The quantitative estimate of drug-likeness (QED) is 0.651. The van der Waals surface area contributed by atoms with Crippen LogP contribution in [0.5, 0.6) is 0 Å². The summed E-state index contributed by atoms with van der Waals surface area (Å²) in [4.78, 5) is 11.4. The Labute approximate surface area is 165 Å². The highest BCUT2D eigenvalue weighted by Gasteiger charge is 2.21. The number of nitrogens with one attached hydrogen (secondary N) is 1. The minimum atomic E-state index is 0.680. The van der Waals surface area contributed by atoms with Crippen molar-refractivity contribution in [3.63, 3.8) is 0 Å². The predicted molar refractivity (Wildman–Crippen MR) is 112 cm³/mol. The fourth-order valence-electron chi connectivity index (χ4n) is 3.56. The molecule has 0 radical (unpaired) electrons. The summed E-state index contributed by atoms with van der Waals surface area (Å²) in [6, 6.07) is 20.3. The van der Waals surface area contributed by atoms with Gasteiger partial charge in [-0.1, -0.05) is 54.1 Å². The Morgan fingerprint density at radius 3 is 2.48 bits per heavy atom. The minimum absolute atomic E-state index is 0.680. The lowest BCUT2D eigenvalue weighted by Crippen LogP contribution is -2.35. The van der Waals surface area contributed by atoms with E-state index in [1.807, 2.05) is 30.3 Å². The van der Waals surface area contributed by atoms with Crippen molar-refractivity contribution in [2.24, 2.45) is 5.92 Å². The molecule has 0 aliphatic carbocycles. The van der Waals surface area contributed by atoms with Gasteiger partial charge >= 0.3 is 0 Å². The molecule has 5 heteroatoms. The Balaban J connectivity index is 1.38. The van der Waals surface area contributed by atoms with Gasteiger partial charge in [0, 0.05) is 19.3 Å². The molecule has 4 nitrogen and oxygen atoms in total. The van der Waals surface area contributed by atoms with Crippen LogP contribution in [0, 0.1) is 5.92 Å². The molecular weight excluding hydrogens is 356 g/mol. The number of anilines is 3. The second-order valence-electron chi connectivity index (χ2n) is 6.97. The second kappa shape index (κ2) is 8.40. The Morgan fingerprint density at radius 1 is 0.963 bits per heavy atom. The molecule has 0 spiro atoms. The molecule has 0 amide bonds. The summed E-state index contributed by atoms with van der Waals surface area (Å²) < 4.78 is 0. The van der Waals surface area contributed by atoms with Gasteiger partial charge in [-0.25, -0.2) is 4.98 Å².